The number of likely N-dealkylation sites (N-methyl/N-ethyl adjacent to an activating group) is 1. The molecule has 4 rings (SSSR count). The summed E-state index contributed by atoms with van der Waals surface area (Å²) < 4.78 is 2.16. The Morgan fingerprint density at radius 3 is 2.67 bits per heavy atom. The SMILES string of the molecule is CN(Cc1cc2n(n1)CCNC2)CC1(c2ccccc2)CC1(C)C. The van der Waals surface area contributed by atoms with E-state index in [9.17, 15) is 0 Å². The Balaban J connectivity index is 1.49. The fraction of sp³-hybridized carbons (Fsp3) is 0.550. The van der Waals surface area contributed by atoms with E-state index in [-0.39, 0.29) is 5.41 Å². The molecule has 2 aliphatic rings. The largest absolute Gasteiger partial charge is 0.309 e. The number of nitrogens with zero attached hydrogens (tertiary/aromatic N) is 3. The third-order valence-corrected chi connectivity index (χ3v) is 5.93. The Hall–Kier alpha value is -1.65. The topological polar surface area (TPSA) is 33.1 Å². The van der Waals surface area contributed by atoms with E-state index in [1.807, 2.05) is 0 Å². The second-order valence-electron chi connectivity index (χ2n) is 8.21. The predicted octanol–water partition coefficient (Wildman–Crippen LogP) is 2.79. The first-order chi connectivity index (χ1) is 11.5. The lowest BCUT2D eigenvalue weighted by molar-refractivity contribution is 0.268. The summed E-state index contributed by atoms with van der Waals surface area (Å²) in [5.41, 5.74) is 4.64. The van der Waals surface area contributed by atoms with Crippen molar-refractivity contribution < 1.29 is 0 Å². The van der Waals surface area contributed by atoms with E-state index in [4.69, 9.17) is 5.10 Å². The van der Waals surface area contributed by atoms with Crippen molar-refractivity contribution >= 4 is 0 Å². The van der Waals surface area contributed by atoms with Crippen molar-refractivity contribution in [2.45, 2.75) is 45.3 Å². The maximum Gasteiger partial charge on any atom is 0.0768 e. The zero-order valence-corrected chi connectivity index (χ0v) is 15.0. The van der Waals surface area contributed by atoms with Crippen LogP contribution in [-0.4, -0.2) is 34.8 Å². The molecule has 2 aromatic rings. The Morgan fingerprint density at radius 1 is 1.25 bits per heavy atom. The smallest absolute Gasteiger partial charge is 0.0768 e. The molecule has 24 heavy (non-hydrogen) atoms. The van der Waals surface area contributed by atoms with Crippen LogP contribution in [0.3, 0.4) is 0 Å². The van der Waals surface area contributed by atoms with Gasteiger partial charge >= 0.3 is 0 Å². The van der Waals surface area contributed by atoms with Crippen LogP contribution in [-0.2, 0) is 25.0 Å². The van der Waals surface area contributed by atoms with Crippen molar-refractivity contribution in [2.75, 3.05) is 20.1 Å². The Bertz CT molecular complexity index is 695. The first-order valence-electron chi connectivity index (χ1n) is 9.01. The van der Waals surface area contributed by atoms with Gasteiger partial charge in [-0.1, -0.05) is 44.2 Å². The summed E-state index contributed by atoms with van der Waals surface area (Å²) in [4.78, 5) is 2.45. The lowest BCUT2D eigenvalue weighted by Gasteiger charge is -2.27. The van der Waals surface area contributed by atoms with E-state index in [0.717, 1.165) is 32.7 Å². The zero-order valence-electron chi connectivity index (χ0n) is 15.0. The maximum atomic E-state index is 4.79. The molecule has 1 aliphatic carbocycles. The maximum absolute atomic E-state index is 4.79. The van der Waals surface area contributed by atoms with Crippen LogP contribution in [0.4, 0.5) is 0 Å². The summed E-state index contributed by atoms with van der Waals surface area (Å²) in [6, 6.07) is 13.3. The third kappa shape index (κ3) is 2.68. The van der Waals surface area contributed by atoms with Gasteiger partial charge in [0.1, 0.15) is 0 Å². The highest BCUT2D eigenvalue weighted by atomic mass is 15.3. The van der Waals surface area contributed by atoms with Gasteiger partial charge in [0.25, 0.3) is 0 Å². The molecular formula is C20H28N4. The minimum atomic E-state index is 0.282. The highest BCUT2D eigenvalue weighted by Crippen LogP contribution is 2.64. The van der Waals surface area contributed by atoms with Gasteiger partial charge in [-0.3, -0.25) is 9.58 Å². The highest BCUT2D eigenvalue weighted by Gasteiger charge is 2.61. The van der Waals surface area contributed by atoms with Gasteiger partial charge in [0.05, 0.1) is 17.9 Å². The first kappa shape index (κ1) is 15.9. The molecule has 1 unspecified atom stereocenters. The van der Waals surface area contributed by atoms with Crippen molar-refractivity contribution in [3.8, 4) is 0 Å². The summed E-state index contributed by atoms with van der Waals surface area (Å²) >= 11 is 0. The highest BCUT2D eigenvalue weighted by molar-refractivity contribution is 5.37. The van der Waals surface area contributed by atoms with E-state index >= 15 is 0 Å². The van der Waals surface area contributed by atoms with Gasteiger partial charge in [-0.25, -0.2) is 0 Å². The Labute approximate surface area is 144 Å². The molecule has 4 heteroatoms. The standard InChI is InChI=1S/C20H28N4/c1-19(2)14-20(19,16-7-5-4-6-8-16)15-23(3)13-17-11-18-12-21-9-10-24(18)22-17/h4-8,11,21H,9-10,12-15H2,1-3H3. The van der Waals surface area contributed by atoms with E-state index in [1.165, 1.54) is 23.4 Å². The molecule has 1 aromatic carbocycles. The normalized spacial score (nSPS) is 24.8. The monoisotopic (exact) mass is 324 g/mol. The number of fused-ring (bicyclic) bond motifs is 1. The number of hydrogen-bond donors (Lipinski definition) is 1. The van der Waals surface area contributed by atoms with Gasteiger partial charge in [-0.05, 0) is 30.5 Å². The second-order valence-corrected chi connectivity index (χ2v) is 8.21. The summed E-state index contributed by atoms with van der Waals surface area (Å²) in [6.07, 6.45) is 1.26. The number of aromatic nitrogens is 2. The molecule has 1 fully saturated rings. The van der Waals surface area contributed by atoms with Gasteiger partial charge in [0.2, 0.25) is 0 Å². The molecule has 1 aromatic heterocycles. The van der Waals surface area contributed by atoms with Gasteiger partial charge in [0, 0.05) is 31.6 Å². The molecule has 128 valence electrons. The van der Waals surface area contributed by atoms with E-state index in [0.29, 0.717) is 5.41 Å². The second kappa shape index (κ2) is 5.71. The van der Waals surface area contributed by atoms with E-state index in [2.05, 4.69) is 72.2 Å². The van der Waals surface area contributed by atoms with Gasteiger partial charge < -0.3 is 5.32 Å². The molecule has 1 N–H and O–H groups in total. The third-order valence-electron chi connectivity index (χ3n) is 5.93. The van der Waals surface area contributed by atoms with Crippen LogP contribution < -0.4 is 5.32 Å². The van der Waals surface area contributed by atoms with Crippen LogP contribution in [0.15, 0.2) is 36.4 Å². The molecule has 0 bridgehead atoms. The molecular weight excluding hydrogens is 296 g/mol. The van der Waals surface area contributed by atoms with E-state index in [1.54, 1.807) is 0 Å². The van der Waals surface area contributed by atoms with Gasteiger partial charge in [-0.2, -0.15) is 5.10 Å². The summed E-state index contributed by atoms with van der Waals surface area (Å²) in [7, 11) is 2.23. The molecule has 1 atom stereocenters. The van der Waals surface area contributed by atoms with Crippen LogP contribution in [0, 0.1) is 5.41 Å². The molecule has 0 amide bonds. The minimum Gasteiger partial charge on any atom is -0.309 e. The average molecular weight is 324 g/mol. The number of rotatable bonds is 5. The number of nitrogens with one attached hydrogen (secondary N) is 1. The quantitative estimate of drug-likeness (QED) is 0.918. The molecule has 2 heterocycles. The Morgan fingerprint density at radius 2 is 2.00 bits per heavy atom. The zero-order chi connectivity index (χ0) is 16.8. The summed E-state index contributed by atoms with van der Waals surface area (Å²) in [5.74, 6) is 0. The number of benzene rings is 1. The lowest BCUT2D eigenvalue weighted by Crippen LogP contribution is -2.32. The van der Waals surface area contributed by atoms with Crippen LogP contribution in [0.2, 0.25) is 0 Å². The molecule has 0 spiro atoms. The van der Waals surface area contributed by atoms with E-state index < -0.39 is 0 Å². The molecule has 0 radical (unpaired) electrons. The minimum absolute atomic E-state index is 0.282. The summed E-state index contributed by atoms with van der Waals surface area (Å²) in [5, 5.41) is 8.20. The van der Waals surface area contributed by atoms with Crippen LogP contribution in [0.5, 0.6) is 0 Å². The van der Waals surface area contributed by atoms with Crippen molar-refractivity contribution in [3.63, 3.8) is 0 Å². The van der Waals surface area contributed by atoms with Crippen LogP contribution in [0.1, 0.15) is 37.2 Å². The molecule has 4 nitrogen and oxygen atoms in total. The van der Waals surface area contributed by atoms with Crippen molar-refractivity contribution in [1.82, 2.24) is 20.0 Å². The lowest BCUT2D eigenvalue weighted by atomic mass is 9.87. The van der Waals surface area contributed by atoms with Crippen LogP contribution in [0.25, 0.3) is 0 Å². The molecule has 1 aliphatic heterocycles. The molecule has 0 saturated heterocycles. The fourth-order valence-corrected chi connectivity index (χ4v) is 4.44. The van der Waals surface area contributed by atoms with Crippen LogP contribution >= 0.6 is 0 Å². The number of hydrogen-bond acceptors (Lipinski definition) is 3. The van der Waals surface area contributed by atoms with Crippen molar-refractivity contribution in [1.29, 1.82) is 0 Å². The van der Waals surface area contributed by atoms with Gasteiger partial charge in [0.15, 0.2) is 0 Å². The molecule has 1 saturated carbocycles. The van der Waals surface area contributed by atoms with Crippen molar-refractivity contribution in [3.05, 3.63) is 53.3 Å². The average Bonchev–Trinajstić information content (AvgIpc) is 2.91. The Kier molecular flexibility index (Phi) is 3.77. The predicted molar refractivity (Wildman–Crippen MR) is 96.8 cm³/mol. The summed E-state index contributed by atoms with van der Waals surface area (Å²) in [6.45, 7) is 9.76. The van der Waals surface area contributed by atoms with Gasteiger partial charge in [-0.15, -0.1) is 0 Å². The fourth-order valence-electron chi connectivity index (χ4n) is 4.44. The van der Waals surface area contributed by atoms with Crippen molar-refractivity contribution in [2.24, 2.45) is 5.41 Å². The first-order valence-corrected chi connectivity index (χ1v) is 9.01.